The van der Waals surface area contributed by atoms with Gasteiger partial charge in [-0.1, -0.05) is 420 Å². The molecule has 0 radical (unpaired) electrons. The third-order valence-electron chi connectivity index (χ3n) is 24.2. The summed E-state index contributed by atoms with van der Waals surface area (Å²) in [6.45, 7) is 41.3. The smallest absolute Gasteiger partial charge is 1.00 e. The van der Waals surface area contributed by atoms with Crippen molar-refractivity contribution in [3.8, 4) is 0 Å². The Kier molecular flexibility index (Phi) is 54.9. The first-order valence-corrected chi connectivity index (χ1v) is 45.0. The fourth-order valence-electron chi connectivity index (χ4n) is 16.6. The van der Waals surface area contributed by atoms with E-state index >= 15 is 0 Å². The molecule has 0 aromatic heterocycles. The standard InChI is InChI=1S/C28H42.C28H38.C26H38.C26H34.CH4.BHS2/c2*1-6-25(27-18-11-8-12-19-27)21-28(22(2)3)20-23(4)14-13-15-24(5)26-16-9-7-10-17-26;2*1-4-23(21-22(3)25-17-11-7-12-18-25)15-9-6-10-16-24(5-2)26-19-13-8-14-20-26;;2-1-3/h7-12,16-19,22-25,28H,6,13-15,20-21H2,1-5H3;7-12,14,16-19,24-25,28H,2,6,13,15,20-21H2,1,3-5H3;7-8,11-14,17-20,22-24H,4-6,9-10,15-16,21H2,1-3H3;4,6-8,10-14,17-20,22-24H,1,5,9,15-16,21H2,2-3H3;1H4;2H/p+2/b;23-14+;;10-6+;;. The van der Waals surface area contributed by atoms with Crippen LogP contribution in [0.2, 0.25) is 0 Å². The first-order valence-electron chi connectivity index (χ1n) is 44.0. The third kappa shape index (κ3) is 41.6. The van der Waals surface area contributed by atoms with Gasteiger partial charge in [0.1, 0.15) is 0 Å². The summed E-state index contributed by atoms with van der Waals surface area (Å²) in [5.74, 6) is 9.72. The number of hydrogen-bond acceptors (Lipinski definition) is 1. The maximum absolute atomic E-state index is 4.31. The maximum atomic E-state index is 4.31. The molecule has 8 rings (SSSR count). The van der Waals surface area contributed by atoms with Crippen LogP contribution in [-0.4, -0.2) is 5.43 Å². The average Bonchev–Trinajstić information content (AvgIpc) is 0.856. The van der Waals surface area contributed by atoms with Crippen molar-refractivity contribution in [2.75, 3.05) is 0 Å². The number of unbranched alkanes of at least 4 members (excludes halogenated alkanes) is 2. The summed E-state index contributed by atoms with van der Waals surface area (Å²) >= 11 is 7.61. The third-order valence-corrected chi connectivity index (χ3v) is 24.2. The molecule has 0 N–H and O–H groups in total. The van der Waals surface area contributed by atoms with Gasteiger partial charge in [-0.3, -0.25) is 0 Å². The second kappa shape index (κ2) is 61.8. The van der Waals surface area contributed by atoms with E-state index in [0.29, 0.717) is 53.3 Å². The minimum Gasteiger partial charge on any atom is 1.00 e. The molecular formula is C109H159BS2+2. The van der Waals surface area contributed by atoms with E-state index in [1.54, 1.807) is 0 Å². The number of hydrogen-bond donors (Lipinski definition) is 1. The number of allylic oxidation sites excluding steroid dienone is 6. The molecule has 0 aliphatic rings. The summed E-state index contributed by atoms with van der Waals surface area (Å²) in [5.41, 5.74) is 16.0. The molecule has 0 bridgehead atoms. The summed E-state index contributed by atoms with van der Waals surface area (Å²) < 4.78 is 0. The van der Waals surface area contributed by atoms with Crippen LogP contribution in [0.25, 0.3) is 0 Å². The van der Waals surface area contributed by atoms with Crippen LogP contribution in [0.5, 0.6) is 0 Å². The molecule has 8 aromatic rings. The van der Waals surface area contributed by atoms with Crippen LogP contribution in [0.3, 0.4) is 0 Å². The monoisotopic (exact) mass is 1540 g/mol. The van der Waals surface area contributed by atoms with Crippen LogP contribution in [-0.2, 0) is 0 Å². The Labute approximate surface area is 705 Å². The maximum Gasteiger partial charge on any atom is 1.00 e. The predicted octanol–water partition coefficient (Wildman–Crippen LogP) is 35.3. The van der Waals surface area contributed by atoms with Crippen LogP contribution < -0.4 is 0 Å². The fraction of sp³-hybridized carbons (Fsp3) is 0.486. The first-order chi connectivity index (χ1) is 53.9. The minimum absolute atomic E-state index is 0. The van der Waals surface area contributed by atoms with Gasteiger partial charge < -0.3 is 0 Å². The normalized spacial score (nSPS) is 14.7. The SMILES string of the molecule is C.C=C(C)C(C/C(C)=C/CCC(C)c1ccccc1)CC(CC)c1ccccc1.C=CC(CC/C=C/CC(CC)c1ccccc1)CC(C)c1ccccc1.CCC(CC(CC(C)CCCC(C)c1ccccc1)C(C)C)c1ccccc1.CCC(CCCCCC(CC)c1ccccc1)CC(C)c1ccccc1.S=BS.[H+].[H+]. The van der Waals surface area contributed by atoms with Gasteiger partial charge in [0.25, 0.3) is 0 Å². The van der Waals surface area contributed by atoms with Gasteiger partial charge >= 0.3 is 32.8 Å². The van der Waals surface area contributed by atoms with E-state index in [1.165, 1.54) is 190 Å². The summed E-state index contributed by atoms with van der Waals surface area (Å²) in [6, 6.07) is 87.8. The topological polar surface area (TPSA) is 0 Å². The molecule has 0 nitrogen and oxygen atoms in total. The van der Waals surface area contributed by atoms with E-state index in [1.807, 2.05) is 0 Å². The van der Waals surface area contributed by atoms with Gasteiger partial charge in [-0.2, -0.15) is 0 Å². The molecule has 0 fully saturated rings. The van der Waals surface area contributed by atoms with E-state index in [9.17, 15) is 0 Å². The van der Waals surface area contributed by atoms with Crippen molar-refractivity contribution in [1.82, 2.24) is 0 Å². The largest absolute Gasteiger partial charge is 1.00 e. The predicted molar refractivity (Wildman–Crippen MR) is 512 cm³/mol. The molecular weight excluding hydrogens is 1380 g/mol. The van der Waals surface area contributed by atoms with Crippen LogP contribution in [0.15, 0.2) is 291 Å². The van der Waals surface area contributed by atoms with Crippen LogP contribution in [0, 0.1) is 35.5 Å². The van der Waals surface area contributed by atoms with Crippen molar-refractivity contribution in [2.24, 2.45) is 35.5 Å². The number of thiol groups is 1. The molecule has 0 spiro atoms. The van der Waals surface area contributed by atoms with Crippen LogP contribution in [0.4, 0.5) is 0 Å². The van der Waals surface area contributed by atoms with Gasteiger partial charge in [-0.15, -0.1) is 6.58 Å². The van der Waals surface area contributed by atoms with Crippen LogP contribution in [0.1, 0.15) is 353 Å². The van der Waals surface area contributed by atoms with Crippen molar-refractivity contribution < 1.29 is 2.85 Å². The van der Waals surface area contributed by atoms with E-state index in [4.69, 9.17) is 0 Å². The summed E-state index contributed by atoms with van der Waals surface area (Å²) in [4.78, 5) is 0. The van der Waals surface area contributed by atoms with Gasteiger partial charge in [0.05, 0.1) is 0 Å². The molecule has 112 heavy (non-hydrogen) atoms. The van der Waals surface area contributed by atoms with Gasteiger partial charge in [0.2, 0.25) is 0 Å². The van der Waals surface area contributed by atoms with E-state index < -0.39 is 0 Å². The van der Waals surface area contributed by atoms with Gasteiger partial charge in [0, 0.05) is 0 Å². The fourth-order valence-corrected chi connectivity index (χ4v) is 16.6. The van der Waals surface area contributed by atoms with Gasteiger partial charge in [-0.05, 0) is 250 Å². The molecule has 0 saturated heterocycles. The second-order valence-corrected chi connectivity index (χ2v) is 34.0. The van der Waals surface area contributed by atoms with Crippen LogP contribution >= 0.6 is 24.5 Å². The Morgan fingerprint density at radius 3 is 1.17 bits per heavy atom. The van der Waals surface area contributed by atoms with Crippen molar-refractivity contribution in [1.29, 1.82) is 0 Å². The van der Waals surface area contributed by atoms with E-state index in [0.717, 1.165) is 55.3 Å². The molecule has 8 aromatic carbocycles. The zero-order chi connectivity index (χ0) is 80.6. The molecule has 0 heterocycles. The molecule has 608 valence electrons. The Morgan fingerprint density at radius 1 is 0.393 bits per heavy atom. The average molecular weight is 1540 g/mol. The zero-order valence-corrected chi connectivity index (χ0v) is 74.0. The minimum atomic E-state index is 0. The molecule has 0 amide bonds. The van der Waals surface area contributed by atoms with Crippen molar-refractivity contribution in [3.05, 3.63) is 336 Å². The molecule has 13 atom stereocenters. The zero-order valence-electron chi connectivity index (χ0n) is 74.3. The van der Waals surface area contributed by atoms with Crippen molar-refractivity contribution in [2.45, 2.75) is 306 Å². The Balaban J connectivity index is 0.000000744. The Hall–Kier alpha value is -6.65. The quantitative estimate of drug-likeness (QED) is 0.0172. The van der Waals surface area contributed by atoms with Gasteiger partial charge in [0.15, 0.2) is 0 Å². The first kappa shape index (κ1) is 99.5. The summed E-state index contributed by atoms with van der Waals surface area (Å²) in [5, 5.41) is 0. The summed E-state index contributed by atoms with van der Waals surface area (Å²) in [7, 11) is 0. The van der Waals surface area contributed by atoms with Crippen molar-refractivity contribution >= 4 is 30.0 Å². The molecule has 13 unspecified atom stereocenters. The molecule has 0 aliphatic carbocycles. The van der Waals surface area contributed by atoms with Crippen molar-refractivity contribution in [3.63, 3.8) is 0 Å². The molecule has 0 saturated carbocycles. The van der Waals surface area contributed by atoms with E-state index in [-0.39, 0.29) is 10.3 Å². The number of rotatable bonds is 46. The number of benzene rings is 8. The molecule has 0 aliphatic heterocycles. The Morgan fingerprint density at radius 2 is 0.768 bits per heavy atom. The Bertz CT molecular complexity index is 3600. The molecule has 3 heteroatoms. The van der Waals surface area contributed by atoms with Gasteiger partial charge in [-0.25, -0.2) is 0 Å². The second-order valence-electron chi connectivity index (χ2n) is 33.2. The van der Waals surface area contributed by atoms with E-state index in [2.05, 4.69) is 402 Å². The summed E-state index contributed by atoms with van der Waals surface area (Å²) in [6.07, 6.45) is 39.9.